The molecule has 0 spiro atoms. The quantitative estimate of drug-likeness (QED) is 0.212. The molecule has 0 fully saturated rings. The van der Waals surface area contributed by atoms with E-state index in [4.69, 9.17) is 0 Å². The maximum Gasteiger partial charge on any atom is 0.274 e. The molecule has 5 aromatic rings. The van der Waals surface area contributed by atoms with Gasteiger partial charge in [0.2, 0.25) is 0 Å². The van der Waals surface area contributed by atoms with E-state index in [1.165, 1.54) is 15.6 Å². The molecule has 1 N–H and O–H groups in total. The number of anilines is 2. The van der Waals surface area contributed by atoms with Gasteiger partial charge in [0.25, 0.3) is 8.24 Å². The van der Waals surface area contributed by atoms with Crippen molar-refractivity contribution in [2.45, 2.75) is 0 Å². The first-order valence-corrected chi connectivity index (χ1v) is 13.2. The first-order chi connectivity index (χ1) is 16.4. The predicted octanol–water partition coefficient (Wildman–Crippen LogP) is 5.19. The van der Waals surface area contributed by atoms with Crippen molar-refractivity contribution in [2.24, 2.45) is 0 Å². The zero-order valence-electron chi connectivity index (χ0n) is 18.4. The Hall–Kier alpha value is -4.08. The van der Waals surface area contributed by atoms with Crippen LogP contribution in [-0.2, 0) is 0 Å². The number of hydrazine groups is 1. The summed E-state index contributed by atoms with van der Waals surface area (Å²) in [5.41, 5.74) is 6.01. The SMILES string of the molecule is c1ccc(NN(c2ccccc2)[Si](c2ccccc2)(c2ccccc2)c2ccccc2)cc1. The van der Waals surface area contributed by atoms with Crippen LogP contribution in [0.2, 0.25) is 0 Å². The average Bonchev–Trinajstić information content (AvgIpc) is 2.91. The first kappa shape index (κ1) is 20.8. The van der Waals surface area contributed by atoms with Gasteiger partial charge in [0.1, 0.15) is 0 Å². The van der Waals surface area contributed by atoms with Crippen LogP contribution >= 0.6 is 0 Å². The van der Waals surface area contributed by atoms with Crippen LogP contribution in [0.25, 0.3) is 0 Å². The zero-order valence-corrected chi connectivity index (χ0v) is 19.4. The molecule has 160 valence electrons. The topological polar surface area (TPSA) is 15.3 Å². The molecule has 0 radical (unpaired) electrons. The van der Waals surface area contributed by atoms with Crippen LogP contribution in [-0.4, -0.2) is 8.24 Å². The van der Waals surface area contributed by atoms with Crippen LogP contribution in [0.15, 0.2) is 152 Å². The average molecular weight is 443 g/mol. The Morgan fingerprint density at radius 3 is 1.12 bits per heavy atom. The summed E-state index contributed by atoms with van der Waals surface area (Å²) in [7, 11) is -2.75. The molecule has 2 nitrogen and oxygen atoms in total. The fourth-order valence-electron chi connectivity index (χ4n) is 4.49. The standard InChI is InChI=1S/C30H26N2Si/c1-6-16-26(17-7-1)31-32(27-18-8-2-9-19-27)33(28-20-10-3-11-21-28,29-22-12-4-13-23-29)30-24-14-5-15-25-30/h1-25,31H. The van der Waals surface area contributed by atoms with E-state index < -0.39 is 8.24 Å². The van der Waals surface area contributed by atoms with Gasteiger partial charge in [-0.15, -0.1) is 0 Å². The van der Waals surface area contributed by atoms with Crippen molar-refractivity contribution in [2.75, 3.05) is 10.1 Å². The second-order valence-electron chi connectivity index (χ2n) is 7.96. The van der Waals surface area contributed by atoms with E-state index in [1.54, 1.807) is 0 Å². The molecule has 0 unspecified atom stereocenters. The van der Waals surface area contributed by atoms with Crippen molar-refractivity contribution in [3.05, 3.63) is 152 Å². The molecule has 0 amide bonds. The second kappa shape index (κ2) is 9.59. The third kappa shape index (κ3) is 4.07. The van der Waals surface area contributed by atoms with E-state index >= 15 is 0 Å². The van der Waals surface area contributed by atoms with E-state index in [2.05, 4.69) is 156 Å². The number of nitrogens with zero attached hydrogens (tertiary/aromatic N) is 1. The Labute approximate surface area is 196 Å². The van der Waals surface area contributed by atoms with Crippen LogP contribution in [0, 0.1) is 0 Å². The Morgan fingerprint density at radius 2 is 0.727 bits per heavy atom. The number of benzene rings is 5. The van der Waals surface area contributed by atoms with Crippen LogP contribution < -0.4 is 25.7 Å². The molecule has 3 heteroatoms. The van der Waals surface area contributed by atoms with Crippen LogP contribution in [0.3, 0.4) is 0 Å². The molecule has 0 heterocycles. The van der Waals surface area contributed by atoms with E-state index in [0.717, 1.165) is 11.4 Å². The highest BCUT2D eigenvalue weighted by molar-refractivity contribution is 7.13. The number of hydrogen-bond acceptors (Lipinski definition) is 2. The molecule has 0 aromatic heterocycles. The predicted molar refractivity (Wildman–Crippen MR) is 143 cm³/mol. The number of hydrogen-bond donors (Lipinski definition) is 1. The largest absolute Gasteiger partial charge is 0.305 e. The normalized spacial score (nSPS) is 11.0. The van der Waals surface area contributed by atoms with Gasteiger partial charge in [0.05, 0.1) is 5.69 Å². The molecule has 0 aliphatic heterocycles. The minimum atomic E-state index is -2.75. The minimum absolute atomic E-state index is 1.06. The summed E-state index contributed by atoms with van der Waals surface area (Å²) in [5, 5.41) is 3.94. The van der Waals surface area contributed by atoms with Gasteiger partial charge in [-0.25, -0.2) is 0 Å². The summed E-state index contributed by atoms with van der Waals surface area (Å²) in [6.45, 7) is 0. The van der Waals surface area contributed by atoms with E-state index in [1.807, 2.05) is 6.07 Å². The second-order valence-corrected chi connectivity index (χ2v) is 11.6. The molecule has 33 heavy (non-hydrogen) atoms. The highest BCUT2D eigenvalue weighted by Gasteiger charge is 2.46. The zero-order chi connectivity index (χ0) is 22.3. The highest BCUT2D eigenvalue weighted by atomic mass is 28.3. The molecule has 0 saturated carbocycles. The highest BCUT2D eigenvalue weighted by Crippen LogP contribution is 2.24. The van der Waals surface area contributed by atoms with Gasteiger partial charge in [-0.1, -0.05) is 127 Å². The summed E-state index contributed by atoms with van der Waals surface area (Å²) >= 11 is 0. The monoisotopic (exact) mass is 442 g/mol. The molecular weight excluding hydrogens is 416 g/mol. The minimum Gasteiger partial charge on any atom is -0.305 e. The summed E-state index contributed by atoms with van der Waals surface area (Å²) in [4.78, 5) is 0. The lowest BCUT2D eigenvalue weighted by Crippen LogP contribution is -2.79. The molecule has 0 aliphatic carbocycles. The fourth-order valence-corrected chi connectivity index (χ4v) is 9.12. The van der Waals surface area contributed by atoms with Crippen molar-refractivity contribution >= 4 is 35.2 Å². The molecular formula is C30H26N2Si. The number of rotatable bonds is 7. The Morgan fingerprint density at radius 1 is 0.394 bits per heavy atom. The molecule has 5 aromatic carbocycles. The van der Waals surface area contributed by atoms with Gasteiger partial charge in [-0.3, -0.25) is 0 Å². The molecule has 0 bridgehead atoms. The van der Waals surface area contributed by atoms with Gasteiger partial charge in [0.15, 0.2) is 0 Å². The summed E-state index contributed by atoms with van der Waals surface area (Å²) in [6, 6.07) is 53.9. The van der Waals surface area contributed by atoms with Crippen molar-refractivity contribution in [3.8, 4) is 0 Å². The van der Waals surface area contributed by atoms with Crippen LogP contribution in [0.1, 0.15) is 0 Å². The third-order valence-electron chi connectivity index (χ3n) is 5.94. The summed E-state index contributed by atoms with van der Waals surface area (Å²) < 4.78 is 2.43. The fraction of sp³-hybridized carbons (Fsp3) is 0. The van der Waals surface area contributed by atoms with Gasteiger partial charge in [-0.2, -0.15) is 0 Å². The Balaban J connectivity index is 1.86. The van der Waals surface area contributed by atoms with E-state index in [-0.39, 0.29) is 0 Å². The van der Waals surface area contributed by atoms with Crippen molar-refractivity contribution in [1.82, 2.24) is 0 Å². The van der Waals surface area contributed by atoms with E-state index in [0.29, 0.717) is 0 Å². The van der Waals surface area contributed by atoms with Crippen molar-refractivity contribution in [1.29, 1.82) is 0 Å². The van der Waals surface area contributed by atoms with Gasteiger partial charge >= 0.3 is 0 Å². The van der Waals surface area contributed by atoms with Crippen LogP contribution in [0.5, 0.6) is 0 Å². The van der Waals surface area contributed by atoms with Gasteiger partial charge < -0.3 is 10.1 Å². The molecule has 0 saturated heterocycles. The summed E-state index contributed by atoms with van der Waals surface area (Å²) in [5.74, 6) is 0. The lowest BCUT2D eigenvalue weighted by Gasteiger charge is -2.45. The van der Waals surface area contributed by atoms with Crippen molar-refractivity contribution < 1.29 is 0 Å². The summed E-state index contributed by atoms with van der Waals surface area (Å²) in [6.07, 6.45) is 0. The lowest BCUT2D eigenvalue weighted by molar-refractivity contribution is 1.23. The van der Waals surface area contributed by atoms with Gasteiger partial charge in [-0.05, 0) is 39.8 Å². The molecule has 0 atom stereocenters. The maximum absolute atomic E-state index is 3.83. The Kier molecular flexibility index (Phi) is 6.05. The molecule has 5 rings (SSSR count). The first-order valence-electron chi connectivity index (χ1n) is 11.2. The number of nitrogens with one attached hydrogen (secondary N) is 1. The lowest BCUT2D eigenvalue weighted by atomic mass is 10.3. The third-order valence-corrected chi connectivity index (χ3v) is 10.5. The smallest absolute Gasteiger partial charge is 0.274 e. The van der Waals surface area contributed by atoms with Crippen LogP contribution in [0.4, 0.5) is 11.4 Å². The molecule has 0 aliphatic rings. The van der Waals surface area contributed by atoms with Gasteiger partial charge in [0, 0.05) is 5.69 Å². The van der Waals surface area contributed by atoms with Crippen molar-refractivity contribution in [3.63, 3.8) is 0 Å². The van der Waals surface area contributed by atoms with E-state index in [9.17, 15) is 0 Å². The Bertz CT molecular complexity index is 1170. The number of para-hydroxylation sites is 2. The maximum atomic E-state index is 3.83.